The summed E-state index contributed by atoms with van der Waals surface area (Å²) in [4.78, 5) is 17.2. The normalized spacial score (nSPS) is 10.9. The van der Waals surface area contributed by atoms with Gasteiger partial charge in [0.05, 0.1) is 25.0 Å². The molecule has 0 aliphatic heterocycles. The fourth-order valence-electron chi connectivity index (χ4n) is 3.18. The van der Waals surface area contributed by atoms with Gasteiger partial charge in [-0.3, -0.25) is 14.7 Å². The maximum absolute atomic E-state index is 12.6. The lowest BCUT2D eigenvalue weighted by molar-refractivity contribution is -0.115. The van der Waals surface area contributed by atoms with Crippen LogP contribution in [0.15, 0.2) is 71.5 Å². The molecule has 2 aromatic carbocycles. The first-order valence-corrected chi connectivity index (χ1v) is 10.3. The first-order chi connectivity index (χ1) is 15.0. The third-order valence-electron chi connectivity index (χ3n) is 5.03. The number of aromatic nitrogens is 2. The predicted octanol–water partition coefficient (Wildman–Crippen LogP) is 5.13. The smallest absolute Gasteiger partial charge is 0.240 e. The van der Waals surface area contributed by atoms with Crippen molar-refractivity contribution in [1.29, 1.82) is 0 Å². The van der Waals surface area contributed by atoms with Crippen LogP contribution in [0.3, 0.4) is 0 Å². The third kappa shape index (κ3) is 5.05. The summed E-state index contributed by atoms with van der Waals surface area (Å²) in [7, 11) is 0. The highest BCUT2D eigenvalue weighted by Gasteiger charge is 2.14. The summed E-state index contributed by atoms with van der Waals surface area (Å²) >= 11 is 6.02. The Hall–Kier alpha value is -3.35. The van der Waals surface area contributed by atoms with E-state index >= 15 is 0 Å². The number of benzene rings is 2. The lowest BCUT2D eigenvalue weighted by Gasteiger charge is -2.11. The molecule has 4 rings (SSSR count). The van der Waals surface area contributed by atoms with Crippen LogP contribution >= 0.6 is 11.6 Å². The van der Waals surface area contributed by atoms with Gasteiger partial charge in [-0.15, -0.1) is 0 Å². The van der Waals surface area contributed by atoms with Crippen molar-refractivity contribution >= 4 is 23.5 Å². The largest absolute Gasteiger partial charge is 0.468 e. The summed E-state index contributed by atoms with van der Waals surface area (Å²) in [5.41, 5.74) is 4.95. The van der Waals surface area contributed by atoms with E-state index in [-0.39, 0.29) is 12.5 Å². The molecule has 0 atom stereocenters. The Morgan fingerprint density at radius 1 is 1.10 bits per heavy atom. The van der Waals surface area contributed by atoms with Gasteiger partial charge >= 0.3 is 0 Å². The van der Waals surface area contributed by atoms with Crippen molar-refractivity contribution in [3.63, 3.8) is 0 Å². The zero-order valence-corrected chi connectivity index (χ0v) is 18.1. The number of aryl methyl sites for hydroxylation is 2. The van der Waals surface area contributed by atoms with Crippen LogP contribution in [0, 0.1) is 13.8 Å². The number of anilines is 1. The third-order valence-corrected chi connectivity index (χ3v) is 5.28. The number of amides is 1. The SMILES string of the molecule is Cc1ccc(-n2cc(-c3ccc(Cl)cc3)nc2NC(=O)CNCc2ccco2)cc1C. The highest BCUT2D eigenvalue weighted by atomic mass is 35.5. The van der Waals surface area contributed by atoms with Crippen LogP contribution in [0.2, 0.25) is 5.02 Å². The maximum Gasteiger partial charge on any atom is 0.240 e. The van der Waals surface area contributed by atoms with Gasteiger partial charge in [-0.1, -0.05) is 29.8 Å². The molecule has 4 aromatic rings. The highest BCUT2D eigenvalue weighted by molar-refractivity contribution is 6.30. The van der Waals surface area contributed by atoms with Gasteiger partial charge in [0.15, 0.2) is 0 Å². The van der Waals surface area contributed by atoms with E-state index in [0.29, 0.717) is 17.5 Å². The number of nitrogens with zero attached hydrogens (tertiary/aromatic N) is 2. The van der Waals surface area contributed by atoms with Crippen molar-refractivity contribution in [2.75, 3.05) is 11.9 Å². The number of rotatable bonds is 7. The molecule has 6 nitrogen and oxygen atoms in total. The van der Waals surface area contributed by atoms with Gasteiger partial charge in [-0.05, 0) is 61.4 Å². The molecule has 0 bridgehead atoms. The predicted molar refractivity (Wildman–Crippen MR) is 123 cm³/mol. The molecule has 0 saturated carbocycles. The number of imidazole rings is 1. The quantitative estimate of drug-likeness (QED) is 0.423. The average Bonchev–Trinajstić information content (AvgIpc) is 3.41. The number of hydrogen-bond donors (Lipinski definition) is 2. The number of nitrogens with one attached hydrogen (secondary N) is 2. The Balaban J connectivity index is 1.58. The molecule has 7 heteroatoms. The summed E-state index contributed by atoms with van der Waals surface area (Å²) in [5.74, 6) is 1.04. The molecule has 0 aliphatic carbocycles. The minimum Gasteiger partial charge on any atom is -0.468 e. The molecule has 0 aliphatic rings. The number of carbonyl (C=O) groups is 1. The molecule has 31 heavy (non-hydrogen) atoms. The summed E-state index contributed by atoms with van der Waals surface area (Å²) in [5, 5.41) is 6.65. The Morgan fingerprint density at radius 2 is 1.90 bits per heavy atom. The minimum absolute atomic E-state index is 0.136. The van der Waals surface area contributed by atoms with Crippen molar-refractivity contribution in [1.82, 2.24) is 14.9 Å². The second-order valence-corrected chi connectivity index (χ2v) is 7.76. The van der Waals surface area contributed by atoms with Crippen LogP contribution < -0.4 is 10.6 Å². The van der Waals surface area contributed by atoms with E-state index in [0.717, 1.165) is 28.3 Å². The van der Waals surface area contributed by atoms with Gasteiger partial charge in [0.1, 0.15) is 5.76 Å². The molecule has 158 valence electrons. The second-order valence-electron chi connectivity index (χ2n) is 7.33. The maximum atomic E-state index is 12.6. The Bertz CT molecular complexity index is 1180. The Morgan fingerprint density at radius 3 is 2.61 bits per heavy atom. The Labute approximate surface area is 185 Å². The summed E-state index contributed by atoms with van der Waals surface area (Å²) in [6.07, 6.45) is 3.52. The molecule has 0 saturated heterocycles. The van der Waals surface area contributed by atoms with Crippen molar-refractivity contribution < 1.29 is 9.21 Å². The van der Waals surface area contributed by atoms with Crippen LogP contribution in [-0.4, -0.2) is 22.0 Å². The van der Waals surface area contributed by atoms with Crippen molar-refractivity contribution in [2.45, 2.75) is 20.4 Å². The molecule has 0 radical (unpaired) electrons. The van der Waals surface area contributed by atoms with Crippen LogP contribution in [0.1, 0.15) is 16.9 Å². The number of halogens is 1. The lowest BCUT2D eigenvalue weighted by Crippen LogP contribution is -2.28. The second kappa shape index (κ2) is 9.20. The van der Waals surface area contributed by atoms with E-state index in [1.165, 1.54) is 5.56 Å². The molecular weight excluding hydrogens is 412 g/mol. The Kier molecular flexibility index (Phi) is 6.21. The molecular formula is C24H23ClN4O2. The molecule has 0 spiro atoms. The zero-order chi connectivity index (χ0) is 21.8. The van der Waals surface area contributed by atoms with Gasteiger partial charge in [-0.2, -0.15) is 0 Å². The minimum atomic E-state index is -0.190. The summed E-state index contributed by atoms with van der Waals surface area (Å²) in [6.45, 7) is 4.74. The first-order valence-electron chi connectivity index (χ1n) is 9.95. The first kappa shape index (κ1) is 20.9. The summed E-state index contributed by atoms with van der Waals surface area (Å²) < 4.78 is 7.16. The van der Waals surface area contributed by atoms with Crippen LogP contribution in [-0.2, 0) is 11.3 Å². The van der Waals surface area contributed by atoms with E-state index in [9.17, 15) is 4.79 Å². The lowest BCUT2D eigenvalue weighted by atomic mass is 10.1. The monoisotopic (exact) mass is 434 g/mol. The number of carbonyl (C=O) groups excluding carboxylic acids is 1. The van der Waals surface area contributed by atoms with Gasteiger partial charge in [0.25, 0.3) is 0 Å². The van der Waals surface area contributed by atoms with Crippen LogP contribution in [0.4, 0.5) is 5.95 Å². The van der Waals surface area contributed by atoms with E-state index in [4.69, 9.17) is 16.0 Å². The zero-order valence-electron chi connectivity index (χ0n) is 17.4. The fourth-order valence-corrected chi connectivity index (χ4v) is 3.31. The van der Waals surface area contributed by atoms with Crippen LogP contribution in [0.5, 0.6) is 0 Å². The molecule has 2 heterocycles. The number of furan rings is 1. The number of hydrogen-bond acceptors (Lipinski definition) is 4. The van der Waals surface area contributed by atoms with E-state index in [1.54, 1.807) is 6.26 Å². The van der Waals surface area contributed by atoms with E-state index in [1.807, 2.05) is 53.2 Å². The molecule has 1 amide bonds. The van der Waals surface area contributed by atoms with Crippen molar-refractivity contribution in [2.24, 2.45) is 0 Å². The topological polar surface area (TPSA) is 72.1 Å². The molecule has 2 N–H and O–H groups in total. The molecule has 0 unspecified atom stereocenters. The van der Waals surface area contributed by atoms with Gasteiger partial charge < -0.3 is 9.73 Å². The van der Waals surface area contributed by atoms with Gasteiger partial charge in [0, 0.05) is 22.5 Å². The molecule has 2 aromatic heterocycles. The standard InChI is InChI=1S/C24H23ClN4O2/c1-16-5-10-20(12-17(16)2)29-15-22(18-6-8-19(25)9-7-18)27-24(29)28-23(30)14-26-13-21-4-3-11-31-21/h3-12,15,26H,13-14H2,1-2H3,(H,27,28,30). The van der Waals surface area contributed by atoms with Crippen LogP contribution in [0.25, 0.3) is 16.9 Å². The van der Waals surface area contributed by atoms with E-state index < -0.39 is 0 Å². The van der Waals surface area contributed by atoms with Gasteiger partial charge in [-0.25, -0.2) is 4.98 Å². The highest BCUT2D eigenvalue weighted by Crippen LogP contribution is 2.26. The van der Waals surface area contributed by atoms with Gasteiger partial charge in [0.2, 0.25) is 11.9 Å². The molecule has 0 fully saturated rings. The summed E-state index contributed by atoms with van der Waals surface area (Å²) in [6, 6.07) is 17.3. The van der Waals surface area contributed by atoms with Crippen molar-refractivity contribution in [3.8, 4) is 16.9 Å². The van der Waals surface area contributed by atoms with E-state index in [2.05, 4.69) is 41.6 Å². The van der Waals surface area contributed by atoms with Crippen molar-refractivity contribution in [3.05, 3.63) is 89.0 Å². The fraction of sp³-hybridized carbons (Fsp3) is 0.167. The average molecular weight is 435 g/mol.